The zero-order chi connectivity index (χ0) is 14.2. The molecule has 1 aliphatic heterocycles. The molecule has 0 atom stereocenters. The molecular weight excluding hydrogens is 260 g/mol. The van der Waals surface area contributed by atoms with E-state index in [4.69, 9.17) is 4.74 Å². The van der Waals surface area contributed by atoms with Gasteiger partial charge in [0.1, 0.15) is 5.75 Å². The average molecular weight is 272 g/mol. The van der Waals surface area contributed by atoms with Crippen molar-refractivity contribution in [3.63, 3.8) is 0 Å². The van der Waals surface area contributed by atoms with Gasteiger partial charge >= 0.3 is 0 Å². The molecule has 0 unspecified atom stereocenters. The minimum atomic E-state index is -0.0953. The lowest BCUT2D eigenvalue weighted by Crippen LogP contribution is -2.12. The summed E-state index contributed by atoms with van der Waals surface area (Å²) in [6.07, 6.45) is 1.82. The largest absolute Gasteiger partial charge is 0.453 e. The van der Waals surface area contributed by atoms with Gasteiger partial charge in [-0.1, -0.05) is 60.7 Å². The van der Waals surface area contributed by atoms with Crippen LogP contribution < -0.4 is 4.74 Å². The SMILES string of the molecule is O=C(C1=Cc2cccc3cccc(c23)O1)c1ccccc1. The number of carbonyl (C=O) groups excluding carboxylic acids is 1. The lowest BCUT2D eigenvalue weighted by Gasteiger charge is -2.18. The van der Waals surface area contributed by atoms with Gasteiger partial charge in [0.2, 0.25) is 5.78 Å². The van der Waals surface area contributed by atoms with Gasteiger partial charge in [-0.2, -0.15) is 0 Å². The Morgan fingerprint density at radius 2 is 1.57 bits per heavy atom. The number of ether oxygens (including phenoxy) is 1. The molecule has 0 saturated heterocycles. The Bertz CT molecular complexity index is 871. The molecule has 1 heterocycles. The first-order valence-corrected chi connectivity index (χ1v) is 6.84. The van der Waals surface area contributed by atoms with E-state index in [1.54, 1.807) is 12.1 Å². The molecule has 1 aliphatic rings. The van der Waals surface area contributed by atoms with Gasteiger partial charge in [-0.25, -0.2) is 0 Å². The predicted octanol–water partition coefficient (Wildman–Crippen LogP) is 4.46. The number of benzene rings is 3. The lowest BCUT2D eigenvalue weighted by atomic mass is 9.99. The van der Waals surface area contributed by atoms with Crippen LogP contribution in [0.3, 0.4) is 0 Å². The molecule has 0 aromatic heterocycles. The standard InChI is InChI=1S/C19H12O2/c20-19(14-6-2-1-3-7-14)17-12-15-10-4-8-13-9-5-11-16(21-17)18(13)15/h1-12H. The summed E-state index contributed by atoms with van der Waals surface area (Å²) in [6, 6.07) is 21.1. The molecule has 0 spiro atoms. The van der Waals surface area contributed by atoms with Gasteiger partial charge in [0, 0.05) is 10.9 Å². The van der Waals surface area contributed by atoms with Crippen LogP contribution in [0.15, 0.2) is 72.5 Å². The fourth-order valence-electron chi connectivity index (χ4n) is 2.67. The Hall–Kier alpha value is -2.87. The third-order valence-corrected chi connectivity index (χ3v) is 3.66. The van der Waals surface area contributed by atoms with Crippen molar-refractivity contribution in [3.8, 4) is 5.75 Å². The minimum Gasteiger partial charge on any atom is -0.453 e. The highest BCUT2D eigenvalue weighted by Crippen LogP contribution is 2.35. The summed E-state index contributed by atoms with van der Waals surface area (Å²) in [5.41, 5.74) is 1.66. The van der Waals surface area contributed by atoms with Crippen LogP contribution >= 0.6 is 0 Å². The normalized spacial score (nSPS) is 12.7. The van der Waals surface area contributed by atoms with Crippen LogP contribution in [0.4, 0.5) is 0 Å². The van der Waals surface area contributed by atoms with E-state index in [-0.39, 0.29) is 5.78 Å². The van der Waals surface area contributed by atoms with Gasteiger partial charge in [0.15, 0.2) is 5.76 Å². The molecule has 0 saturated carbocycles. The first-order valence-electron chi connectivity index (χ1n) is 6.84. The maximum absolute atomic E-state index is 12.5. The topological polar surface area (TPSA) is 26.3 Å². The summed E-state index contributed by atoms with van der Waals surface area (Å²) in [7, 11) is 0. The summed E-state index contributed by atoms with van der Waals surface area (Å²) in [5, 5.41) is 2.18. The monoisotopic (exact) mass is 272 g/mol. The Labute approximate surface area is 122 Å². The average Bonchev–Trinajstić information content (AvgIpc) is 2.55. The van der Waals surface area contributed by atoms with E-state index >= 15 is 0 Å². The fourth-order valence-corrected chi connectivity index (χ4v) is 2.67. The summed E-state index contributed by atoms with van der Waals surface area (Å²) in [4.78, 5) is 12.5. The molecule has 3 aromatic carbocycles. The smallest absolute Gasteiger partial charge is 0.228 e. The van der Waals surface area contributed by atoms with Gasteiger partial charge in [0.05, 0.1) is 0 Å². The quantitative estimate of drug-likeness (QED) is 0.644. The van der Waals surface area contributed by atoms with Gasteiger partial charge in [-0.15, -0.1) is 0 Å². The molecule has 0 radical (unpaired) electrons. The van der Waals surface area contributed by atoms with Crippen LogP contribution in [-0.2, 0) is 0 Å². The third kappa shape index (κ3) is 1.93. The summed E-state index contributed by atoms with van der Waals surface area (Å²) in [6.45, 7) is 0. The van der Waals surface area contributed by atoms with E-state index in [1.165, 1.54) is 0 Å². The lowest BCUT2D eigenvalue weighted by molar-refractivity contribution is 0.0988. The van der Waals surface area contributed by atoms with Crippen molar-refractivity contribution in [2.75, 3.05) is 0 Å². The predicted molar refractivity (Wildman–Crippen MR) is 83.3 cm³/mol. The molecule has 21 heavy (non-hydrogen) atoms. The van der Waals surface area contributed by atoms with Crippen molar-refractivity contribution >= 4 is 22.6 Å². The van der Waals surface area contributed by atoms with Crippen molar-refractivity contribution in [2.45, 2.75) is 0 Å². The number of hydrogen-bond acceptors (Lipinski definition) is 2. The molecule has 0 fully saturated rings. The van der Waals surface area contributed by atoms with Crippen LogP contribution in [0, 0.1) is 0 Å². The number of allylic oxidation sites excluding steroid dienone is 1. The molecular formula is C19H12O2. The number of hydrogen-bond donors (Lipinski definition) is 0. The van der Waals surface area contributed by atoms with Gasteiger partial charge in [-0.3, -0.25) is 4.79 Å². The zero-order valence-corrected chi connectivity index (χ0v) is 11.2. The van der Waals surface area contributed by atoms with E-state index in [2.05, 4.69) is 0 Å². The van der Waals surface area contributed by atoms with Crippen LogP contribution in [0.2, 0.25) is 0 Å². The van der Waals surface area contributed by atoms with Crippen LogP contribution in [0.5, 0.6) is 5.75 Å². The number of rotatable bonds is 2. The summed E-state index contributed by atoms with van der Waals surface area (Å²) >= 11 is 0. The van der Waals surface area contributed by atoms with E-state index in [1.807, 2.05) is 60.7 Å². The van der Waals surface area contributed by atoms with Crippen molar-refractivity contribution in [2.24, 2.45) is 0 Å². The maximum atomic E-state index is 12.5. The highest BCUT2D eigenvalue weighted by molar-refractivity contribution is 6.12. The molecule has 0 amide bonds. The number of Topliss-reactive ketones (excluding diaryl/α,β-unsaturated/α-hetero) is 1. The Morgan fingerprint density at radius 1 is 0.810 bits per heavy atom. The Balaban J connectivity index is 1.85. The van der Waals surface area contributed by atoms with E-state index in [0.717, 1.165) is 22.1 Å². The van der Waals surface area contributed by atoms with Gasteiger partial charge < -0.3 is 4.74 Å². The highest BCUT2D eigenvalue weighted by atomic mass is 16.5. The first kappa shape index (κ1) is 11.9. The molecule has 4 rings (SSSR count). The molecule has 2 nitrogen and oxygen atoms in total. The van der Waals surface area contributed by atoms with Crippen molar-refractivity contribution in [1.29, 1.82) is 0 Å². The highest BCUT2D eigenvalue weighted by Gasteiger charge is 2.20. The number of carbonyl (C=O) groups is 1. The molecule has 2 heteroatoms. The van der Waals surface area contributed by atoms with Crippen molar-refractivity contribution in [3.05, 3.63) is 83.6 Å². The van der Waals surface area contributed by atoms with E-state index in [9.17, 15) is 4.79 Å². The summed E-state index contributed by atoms with van der Waals surface area (Å²) < 4.78 is 5.83. The molecule has 100 valence electrons. The second-order valence-electron chi connectivity index (χ2n) is 5.01. The third-order valence-electron chi connectivity index (χ3n) is 3.66. The van der Waals surface area contributed by atoms with Crippen molar-refractivity contribution in [1.82, 2.24) is 0 Å². The molecule has 0 aliphatic carbocycles. The van der Waals surface area contributed by atoms with Crippen molar-refractivity contribution < 1.29 is 9.53 Å². The van der Waals surface area contributed by atoms with Gasteiger partial charge in [-0.05, 0) is 23.1 Å². The second-order valence-corrected chi connectivity index (χ2v) is 5.01. The Morgan fingerprint density at radius 3 is 2.38 bits per heavy atom. The van der Waals surface area contributed by atoms with Crippen LogP contribution in [0.25, 0.3) is 16.8 Å². The second kappa shape index (κ2) is 4.60. The fraction of sp³-hybridized carbons (Fsp3) is 0. The van der Waals surface area contributed by atoms with E-state index < -0.39 is 0 Å². The zero-order valence-electron chi connectivity index (χ0n) is 11.2. The molecule has 0 bridgehead atoms. The minimum absolute atomic E-state index is 0.0953. The molecule has 3 aromatic rings. The van der Waals surface area contributed by atoms with E-state index in [0.29, 0.717) is 11.3 Å². The molecule has 0 N–H and O–H groups in total. The number of ketones is 1. The van der Waals surface area contributed by atoms with Crippen LogP contribution in [-0.4, -0.2) is 5.78 Å². The maximum Gasteiger partial charge on any atom is 0.228 e. The Kier molecular flexibility index (Phi) is 2.61. The summed E-state index contributed by atoms with van der Waals surface area (Å²) in [5.74, 6) is 1.01. The van der Waals surface area contributed by atoms with Crippen LogP contribution in [0.1, 0.15) is 15.9 Å². The van der Waals surface area contributed by atoms with Gasteiger partial charge in [0.25, 0.3) is 0 Å². The first-order chi connectivity index (χ1) is 10.3.